The van der Waals surface area contributed by atoms with Crippen LogP contribution in [0.3, 0.4) is 0 Å². The van der Waals surface area contributed by atoms with Gasteiger partial charge in [-0.3, -0.25) is 43.5 Å². The van der Waals surface area contributed by atoms with Crippen molar-refractivity contribution in [1.82, 2.24) is 45.7 Å². The molecule has 5 heterocycles. The van der Waals surface area contributed by atoms with E-state index in [0.717, 1.165) is 73.2 Å². The Morgan fingerprint density at radius 3 is 1.98 bits per heavy atom. The number of halogens is 14. The summed E-state index contributed by atoms with van der Waals surface area (Å²) in [5.41, 5.74) is 3.45. The van der Waals surface area contributed by atoms with Crippen LogP contribution in [0.15, 0.2) is 187 Å². The number of aliphatic imine (C=N–C) groups is 1. The number of nitrogens with one attached hydrogen (secondary N) is 4. The third kappa shape index (κ3) is 27.8. The summed E-state index contributed by atoms with van der Waals surface area (Å²) < 4.78 is 159. The maximum atomic E-state index is 14.3. The van der Waals surface area contributed by atoms with Crippen LogP contribution in [0.25, 0.3) is 22.0 Å². The van der Waals surface area contributed by atoms with E-state index in [4.69, 9.17) is 54.1 Å². The van der Waals surface area contributed by atoms with Crippen molar-refractivity contribution >= 4 is 104 Å². The molecule has 36 heteroatoms. The number of nitrogens with zero attached hydrogens (tertiary/aromatic N) is 7. The first-order chi connectivity index (χ1) is 59.1. The van der Waals surface area contributed by atoms with Gasteiger partial charge in [-0.05, 0) is 200 Å². The minimum Gasteiger partial charge on any atom is -0.491 e. The number of rotatable bonds is 22. The fourth-order valence-electron chi connectivity index (χ4n) is 12.2. The van der Waals surface area contributed by atoms with Crippen molar-refractivity contribution < 1.29 is 96.1 Å². The lowest BCUT2D eigenvalue weighted by Crippen LogP contribution is -2.49. The molecule has 1 aliphatic heterocycles. The van der Waals surface area contributed by atoms with E-state index in [1.54, 1.807) is 89.3 Å². The standard InChI is InChI=1S/C20H17FN2O.C20H25NO3S.C18H10F5N3O.C16H16Cl3F2N3O2.C16H21F3N2O3/c1-20(2)12-23-18(15-7-5-8-16(21)19(15)24-20)14-10-13-6-3-4-9-17(13)22-11-14;1-12(2)24-15-7-8-16(14(4)11-15)18(22)20(5,6)21-19(23)17-13(3)9-10-25-17;19-12-6-5-10(9-13(12)20)11-3-1-2-4-14(11)26-17(27)15-16(18(21,22)23)25-8-7-24-15;1-8(4-10-12(18)5-9(17)6-13(10)19)24(26-3)16(25)11-7-23(2)22-14(11)15(20)21;1-10(2)13(21-15(23)24-9-16(17,18)19)8-20-14(22)12-6-4-11(3)5-7-12/h3-11H,12H2,1-2H3;7-12H,1-6H3,(H,21,23);1-9H,(H,26,27);5-8,15H,4H2,1-3H3;4-7,10,13H,8-9H2,1-3H3,(H,20,22)(H,21,23)/t;;;;13-/m....1/s1. The Balaban J connectivity index is 0.000000195. The van der Waals surface area contributed by atoms with Gasteiger partial charge in [0.05, 0.1) is 59.1 Å². The number of hydrogen-bond acceptors (Lipinski definition) is 16. The van der Waals surface area contributed by atoms with Gasteiger partial charge >= 0.3 is 18.4 Å². The second-order valence-electron chi connectivity index (χ2n) is 30.3. The molecule has 0 aliphatic carbocycles. The van der Waals surface area contributed by atoms with Gasteiger partial charge in [0, 0.05) is 92.3 Å². The first-order valence-corrected chi connectivity index (χ1v) is 40.6. The Kier molecular flexibility index (Phi) is 34.6. The number of ether oxygens (including phenoxy) is 3. The number of aryl methyl sites for hydroxylation is 4. The summed E-state index contributed by atoms with van der Waals surface area (Å²) in [4.78, 5) is 95.5. The number of fused-ring (bicyclic) bond motifs is 2. The number of thiophene rings is 1. The lowest BCUT2D eigenvalue weighted by molar-refractivity contribution is -0.160. The normalized spacial score (nSPS) is 12.7. The summed E-state index contributed by atoms with van der Waals surface area (Å²) >= 11 is 19.6. The first kappa shape index (κ1) is 99.5. The molecule has 12 rings (SSSR count). The van der Waals surface area contributed by atoms with Crippen molar-refractivity contribution in [2.45, 2.75) is 138 Å². The molecule has 0 saturated carbocycles. The number of hydroxylamine groups is 2. The van der Waals surface area contributed by atoms with Gasteiger partial charge in [0.25, 0.3) is 30.1 Å². The summed E-state index contributed by atoms with van der Waals surface area (Å²) in [6.45, 7) is 20.9. The predicted molar refractivity (Wildman–Crippen MR) is 461 cm³/mol. The van der Waals surface area contributed by atoms with E-state index in [0.29, 0.717) is 60.0 Å². The van der Waals surface area contributed by atoms with Crippen LogP contribution in [-0.4, -0.2) is 133 Å². The van der Waals surface area contributed by atoms with Gasteiger partial charge in [0.15, 0.2) is 47.0 Å². The molecule has 11 aromatic rings. The molecule has 5 amide bonds. The number of carbonyl (C=O) groups is 6. The highest BCUT2D eigenvalue weighted by molar-refractivity contribution is 7.12. The third-order valence-corrected chi connectivity index (χ3v) is 20.4. The molecule has 21 nitrogen and oxygen atoms in total. The smallest absolute Gasteiger partial charge is 0.435 e. The average molecular weight is 1830 g/mol. The van der Waals surface area contributed by atoms with Gasteiger partial charge in [0.2, 0.25) is 0 Å². The van der Waals surface area contributed by atoms with Gasteiger partial charge in [-0.2, -0.15) is 31.4 Å². The summed E-state index contributed by atoms with van der Waals surface area (Å²) in [6, 6.07) is 40.2. The summed E-state index contributed by atoms with van der Waals surface area (Å²) in [5.74, 6) is -4.16. The number of alkyl carbamates (subject to hydrolysis) is 1. The molecule has 1 unspecified atom stereocenters. The number of amides is 5. The Morgan fingerprint density at radius 1 is 0.698 bits per heavy atom. The maximum Gasteiger partial charge on any atom is 0.435 e. The predicted octanol–water partition coefficient (Wildman–Crippen LogP) is 21.6. The number of carbonyl (C=O) groups excluding carboxylic acids is 6. The fraction of sp³-hybridized carbons (Fsp3) is 0.300. The highest BCUT2D eigenvalue weighted by atomic mass is 35.5. The van der Waals surface area contributed by atoms with Crippen LogP contribution in [-0.2, 0) is 29.2 Å². The molecule has 4 aromatic heterocycles. The van der Waals surface area contributed by atoms with Crippen molar-refractivity contribution in [2.75, 3.05) is 32.1 Å². The number of anilines is 1. The van der Waals surface area contributed by atoms with E-state index in [9.17, 15) is 77.1 Å². The van der Waals surface area contributed by atoms with E-state index in [-0.39, 0.29) is 71.0 Å². The van der Waals surface area contributed by atoms with Crippen molar-refractivity contribution in [3.8, 4) is 22.6 Å². The number of hydrogen-bond donors (Lipinski definition) is 4. The number of benzene rings is 7. The van der Waals surface area contributed by atoms with Crippen molar-refractivity contribution in [3.05, 3.63) is 286 Å². The van der Waals surface area contributed by atoms with Gasteiger partial charge in [0.1, 0.15) is 17.0 Å². The Labute approximate surface area is 738 Å². The molecule has 0 saturated heterocycles. The lowest BCUT2D eigenvalue weighted by Gasteiger charge is -2.27. The van der Waals surface area contributed by atoms with Crippen molar-refractivity contribution in [2.24, 2.45) is 18.0 Å². The van der Waals surface area contributed by atoms with E-state index < -0.39 is 95.2 Å². The monoisotopic (exact) mass is 1830 g/mol. The van der Waals surface area contributed by atoms with Crippen LogP contribution in [0.1, 0.15) is 165 Å². The molecule has 668 valence electrons. The fourth-order valence-corrected chi connectivity index (χ4v) is 14.0. The number of aromatic nitrogens is 5. The number of Topliss-reactive ketones (excluding diaryl/α,β-unsaturated/α-hetero) is 1. The van der Waals surface area contributed by atoms with E-state index >= 15 is 0 Å². The zero-order chi connectivity index (χ0) is 93.0. The zero-order valence-corrected chi connectivity index (χ0v) is 73.5. The quantitative estimate of drug-likeness (QED) is 0.0280. The average Bonchev–Trinajstić information content (AvgIpc) is 1.52. The minimum atomic E-state index is -4.86. The van der Waals surface area contributed by atoms with E-state index in [1.807, 2.05) is 102 Å². The summed E-state index contributed by atoms with van der Waals surface area (Å²) in [6.07, 6.45) is -8.38. The minimum absolute atomic E-state index is 0.0747. The second kappa shape index (κ2) is 43.8. The van der Waals surface area contributed by atoms with Crippen LogP contribution in [0, 0.1) is 44.1 Å². The Morgan fingerprint density at radius 2 is 1.36 bits per heavy atom. The van der Waals surface area contributed by atoms with E-state index in [1.165, 1.54) is 74.2 Å². The molecule has 0 spiro atoms. The van der Waals surface area contributed by atoms with Crippen molar-refractivity contribution in [1.29, 1.82) is 0 Å². The largest absolute Gasteiger partial charge is 0.491 e. The summed E-state index contributed by atoms with van der Waals surface area (Å²) in [7, 11) is 2.73. The van der Waals surface area contributed by atoms with Gasteiger partial charge in [-0.1, -0.05) is 115 Å². The van der Waals surface area contributed by atoms with E-state index in [2.05, 4.69) is 46.1 Å². The maximum absolute atomic E-state index is 14.3. The van der Waals surface area contributed by atoms with Crippen LogP contribution < -0.4 is 30.7 Å². The molecule has 126 heavy (non-hydrogen) atoms. The topological polar surface area (TPSA) is 260 Å². The van der Waals surface area contributed by atoms with Crippen LogP contribution in [0.4, 0.5) is 58.8 Å². The highest BCUT2D eigenvalue weighted by Crippen LogP contribution is 2.37. The van der Waals surface area contributed by atoms with Gasteiger partial charge in [-0.15, -0.1) is 11.3 Å². The van der Waals surface area contributed by atoms with Gasteiger partial charge < -0.3 is 35.5 Å². The van der Waals surface area contributed by atoms with Crippen LogP contribution in [0.2, 0.25) is 15.1 Å². The highest BCUT2D eigenvalue weighted by Gasteiger charge is 2.39. The number of alkyl halides is 8. The molecule has 0 radical (unpaired) electrons. The number of para-hydroxylation sites is 3. The lowest BCUT2D eigenvalue weighted by atomic mass is 9.90. The van der Waals surface area contributed by atoms with Gasteiger partial charge in [-0.25, -0.2) is 41.8 Å². The third-order valence-electron chi connectivity index (χ3n) is 18.5. The van der Waals surface area contributed by atoms with Crippen molar-refractivity contribution in [3.63, 3.8) is 0 Å². The Hall–Kier alpha value is -11.9. The molecule has 0 fully saturated rings. The number of pyridine rings is 1. The molecular formula is C90H89Cl3F11N11O10S. The zero-order valence-electron chi connectivity index (χ0n) is 70.4. The van der Waals surface area contributed by atoms with Crippen LogP contribution >= 0.6 is 46.1 Å². The summed E-state index contributed by atoms with van der Waals surface area (Å²) in [5, 5.41) is 18.7. The Bertz CT molecular complexity index is 5710. The molecule has 7 aromatic carbocycles. The molecule has 4 N–H and O–H groups in total. The molecule has 1 aliphatic rings. The number of ketones is 1. The first-order valence-electron chi connectivity index (χ1n) is 38.6. The van der Waals surface area contributed by atoms with Crippen LogP contribution in [0.5, 0.6) is 11.5 Å². The second-order valence-corrected chi connectivity index (χ2v) is 32.5. The molecule has 0 bridgehead atoms. The molecular weight excluding hydrogens is 1740 g/mol. The molecule has 2 atom stereocenters. The SMILES string of the molecule is CC1(C)CN=C(c2cnc3ccccc3c2)c2cccc(F)c2O1.CON(C(=O)c1cn(C)nc1C(F)F)C(C)Cc1c(Cl)cc(Cl)cc1Cl.Cc1cc(OC(C)C)ccc1C(=O)C(C)(C)NC(=O)c1sccc1C.Cc1ccc(C(=O)NC[C@@H](NC(=O)OCC(F)(F)F)C(C)C)cc1.O=C(Nc1ccccc1-c1ccc(F)c(F)c1)c1nccnc1C(F)(F)F.